The number of hydrogen-bond donors (Lipinski definition) is 0. The zero-order valence-electron chi connectivity index (χ0n) is 23.6. The second kappa shape index (κ2) is 12.7. The summed E-state index contributed by atoms with van der Waals surface area (Å²) in [6, 6.07) is 5.14. The van der Waals surface area contributed by atoms with Gasteiger partial charge in [0.1, 0.15) is 28.8 Å². The lowest BCUT2D eigenvalue weighted by atomic mass is 9.68. The molecule has 9 heteroatoms. The van der Waals surface area contributed by atoms with Crippen molar-refractivity contribution in [1.82, 2.24) is 0 Å². The highest BCUT2D eigenvalue weighted by atomic mass is 19.3. The lowest BCUT2D eigenvalue weighted by Crippen LogP contribution is -2.26. The Labute approximate surface area is 245 Å². The summed E-state index contributed by atoms with van der Waals surface area (Å²) in [4.78, 5) is 0. The van der Waals surface area contributed by atoms with Gasteiger partial charge in [0.25, 0.3) is 0 Å². The molecule has 230 valence electrons. The van der Waals surface area contributed by atoms with Gasteiger partial charge in [-0.15, -0.1) is 0 Å². The third-order valence-electron chi connectivity index (χ3n) is 9.03. The van der Waals surface area contributed by atoms with E-state index in [0.717, 1.165) is 49.9 Å². The first-order valence-electron chi connectivity index (χ1n) is 14.6. The molecule has 0 atom stereocenters. The summed E-state index contributed by atoms with van der Waals surface area (Å²) in [7, 11) is 0. The van der Waals surface area contributed by atoms with Crippen LogP contribution in [0, 0.1) is 52.7 Å². The molecule has 2 fully saturated rings. The second-order valence-corrected chi connectivity index (χ2v) is 11.7. The molecule has 0 spiro atoms. The molecule has 2 saturated carbocycles. The van der Waals surface area contributed by atoms with Gasteiger partial charge in [-0.1, -0.05) is 12.2 Å². The zero-order chi connectivity index (χ0) is 30.9. The smallest absolute Gasteiger partial charge is 0.429 e. The fourth-order valence-electron chi connectivity index (χ4n) is 6.81. The van der Waals surface area contributed by atoms with Crippen LogP contribution in [0.5, 0.6) is 5.75 Å². The molecule has 3 aromatic carbocycles. The van der Waals surface area contributed by atoms with E-state index >= 15 is 17.6 Å². The van der Waals surface area contributed by atoms with Gasteiger partial charge in [-0.05, 0) is 129 Å². The van der Waals surface area contributed by atoms with E-state index < -0.39 is 57.9 Å². The van der Waals surface area contributed by atoms with Gasteiger partial charge < -0.3 is 4.74 Å². The van der Waals surface area contributed by atoms with E-state index in [-0.39, 0.29) is 11.5 Å². The number of ether oxygens (including phenoxy) is 1. The van der Waals surface area contributed by atoms with Crippen LogP contribution in [0.4, 0.5) is 35.1 Å². The number of alkyl halides is 2. The molecule has 5 rings (SSSR count). The van der Waals surface area contributed by atoms with Crippen LogP contribution in [-0.2, 0) is 6.11 Å². The largest absolute Gasteiger partial charge is 0.432 e. The maximum atomic E-state index is 15.0. The molecule has 0 amide bonds. The predicted octanol–water partition coefficient (Wildman–Crippen LogP) is 11.0. The van der Waals surface area contributed by atoms with Gasteiger partial charge in [0, 0.05) is 11.6 Å². The van der Waals surface area contributed by atoms with Gasteiger partial charge in [-0.2, -0.15) is 8.78 Å². The summed E-state index contributed by atoms with van der Waals surface area (Å²) < 4.78 is 120. The molecule has 0 radical (unpaired) electrons. The molecule has 0 saturated heterocycles. The van der Waals surface area contributed by atoms with Crippen molar-refractivity contribution in [2.24, 2.45) is 17.8 Å². The fraction of sp³-hybridized carbons (Fsp3) is 0.412. The minimum atomic E-state index is -4.50. The average Bonchev–Trinajstić information content (AvgIpc) is 2.95. The van der Waals surface area contributed by atoms with Crippen molar-refractivity contribution in [2.75, 3.05) is 0 Å². The highest BCUT2D eigenvalue weighted by molar-refractivity contribution is 5.65. The summed E-state index contributed by atoms with van der Waals surface area (Å²) in [5, 5.41) is 0. The molecule has 0 bridgehead atoms. The van der Waals surface area contributed by atoms with Crippen LogP contribution in [0.25, 0.3) is 11.1 Å². The summed E-state index contributed by atoms with van der Waals surface area (Å²) in [5.74, 6) is -8.13. The van der Waals surface area contributed by atoms with E-state index in [1.165, 1.54) is 25.7 Å². The summed E-state index contributed by atoms with van der Waals surface area (Å²) in [6.45, 7) is 2.03. The second-order valence-electron chi connectivity index (χ2n) is 11.7. The highest BCUT2D eigenvalue weighted by Crippen LogP contribution is 2.45. The first kappa shape index (κ1) is 31.1. The van der Waals surface area contributed by atoms with Crippen LogP contribution in [0.3, 0.4) is 0 Å². The van der Waals surface area contributed by atoms with Crippen molar-refractivity contribution in [3.63, 3.8) is 0 Å². The molecule has 2 aliphatic rings. The van der Waals surface area contributed by atoms with E-state index in [2.05, 4.69) is 16.9 Å². The van der Waals surface area contributed by atoms with E-state index in [4.69, 9.17) is 0 Å². The van der Waals surface area contributed by atoms with Gasteiger partial charge in [-0.25, -0.2) is 26.3 Å². The standard InChI is InChI=1S/C34H32F8O/c1-2-3-19-4-6-20(7-5-19)21-8-10-22(11-9-21)23-14-28(36)32(29(37)15-23)34(41,42)43-25-12-13-26(27(35)18-25)24-16-30(38)33(40)31(39)17-24/h2-3,12-22H,4-11H2,1H3. The topological polar surface area (TPSA) is 9.23 Å². The van der Waals surface area contributed by atoms with Crippen molar-refractivity contribution < 1.29 is 39.9 Å². The van der Waals surface area contributed by atoms with Crippen molar-refractivity contribution >= 4 is 0 Å². The molecule has 2 aliphatic carbocycles. The van der Waals surface area contributed by atoms with E-state index in [9.17, 15) is 17.6 Å². The van der Waals surface area contributed by atoms with Gasteiger partial charge in [-0.3, -0.25) is 0 Å². The van der Waals surface area contributed by atoms with Crippen LogP contribution in [0.1, 0.15) is 75.3 Å². The lowest BCUT2D eigenvalue weighted by molar-refractivity contribution is -0.189. The molecule has 1 nitrogen and oxygen atoms in total. The van der Waals surface area contributed by atoms with E-state index in [1.807, 2.05) is 6.92 Å². The van der Waals surface area contributed by atoms with Crippen LogP contribution in [0.2, 0.25) is 0 Å². The molecule has 0 aromatic heterocycles. The van der Waals surface area contributed by atoms with Crippen molar-refractivity contribution in [3.8, 4) is 16.9 Å². The summed E-state index contributed by atoms with van der Waals surface area (Å²) >= 11 is 0. The lowest BCUT2D eigenvalue weighted by Gasteiger charge is -2.37. The first-order chi connectivity index (χ1) is 20.5. The SMILES string of the molecule is CC=CC1CCC(C2CCC(c3cc(F)c(C(F)(F)Oc4ccc(-c5cc(F)c(F)c(F)c5)c(F)c4)c(F)c3)CC2)CC1. The van der Waals surface area contributed by atoms with E-state index in [0.29, 0.717) is 41.5 Å². The maximum absolute atomic E-state index is 15.0. The first-order valence-corrected chi connectivity index (χ1v) is 14.6. The Bertz CT molecular complexity index is 1440. The Morgan fingerprint density at radius 3 is 1.77 bits per heavy atom. The van der Waals surface area contributed by atoms with Crippen LogP contribution in [0.15, 0.2) is 54.6 Å². The predicted molar refractivity (Wildman–Crippen MR) is 148 cm³/mol. The molecule has 0 aliphatic heterocycles. The highest BCUT2D eigenvalue weighted by Gasteiger charge is 2.42. The Hall–Kier alpha value is -3.36. The minimum absolute atomic E-state index is 0.147. The van der Waals surface area contributed by atoms with Crippen LogP contribution >= 0.6 is 0 Å². The molecule has 43 heavy (non-hydrogen) atoms. The quantitative estimate of drug-likeness (QED) is 0.147. The van der Waals surface area contributed by atoms with Crippen LogP contribution in [-0.4, -0.2) is 0 Å². The van der Waals surface area contributed by atoms with E-state index in [1.54, 1.807) is 0 Å². The fourth-order valence-corrected chi connectivity index (χ4v) is 6.81. The van der Waals surface area contributed by atoms with Crippen LogP contribution < -0.4 is 4.74 Å². The number of benzene rings is 3. The molecule has 0 N–H and O–H groups in total. The molecular formula is C34H32F8O. The zero-order valence-corrected chi connectivity index (χ0v) is 23.6. The third-order valence-corrected chi connectivity index (χ3v) is 9.03. The summed E-state index contributed by atoms with van der Waals surface area (Å²) in [6.07, 6.45) is 7.85. The Balaban J connectivity index is 1.26. The molecule has 0 unspecified atom stereocenters. The number of rotatable bonds is 7. The number of halogens is 8. The summed E-state index contributed by atoms with van der Waals surface area (Å²) in [5.41, 5.74) is -2.09. The third kappa shape index (κ3) is 6.75. The Morgan fingerprint density at radius 1 is 0.674 bits per heavy atom. The maximum Gasteiger partial charge on any atom is 0.432 e. The molecule has 0 heterocycles. The number of hydrogen-bond acceptors (Lipinski definition) is 1. The van der Waals surface area contributed by atoms with Crippen molar-refractivity contribution in [2.45, 2.75) is 70.3 Å². The molecule has 3 aromatic rings. The Morgan fingerprint density at radius 2 is 1.23 bits per heavy atom. The van der Waals surface area contributed by atoms with Crippen molar-refractivity contribution in [3.05, 3.63) is 101 Å². The average molecular weight is 609 g/mol. The van der Waals surface area contributed by atoms with Gasteiger partial charge >= 0.3 is 6.11 Å². The van der Waals surface area contributed by atoms with Gasteiger partial charge in [0.15, 0.2) is 17.5 Å². The normalized spacial score (nSPS) is 23.1. The minimum Gasteiger partial charge on any atom is -0.429 e. The van der Waals surface area contributed by atoms with Gasteiger partial charge in [0.05, 0.1) is 0 Å². The van der Waals surface area contributed by atoms with Gasteiger partial charge in [0.2, 0.25) is 0 Å². The Kier molecular flexibility index (Phi) is 9.18. The molecular weight excluding hydrogens is 576 g/mol. The monoisotopic (exact) mass is 608 g/mol. The number of allylic oxidation sites excluding steroid dienone is 2. The van der Waals surface area contributed by atoms with Crippen molar-refractivity contribution in [1.29, 1.82) is 0 Å².